The number of hydrogen-bond acceptors (Lipinski definition) is 5. The number of aromatic amines is 1. The van der Waals surface area contributed by atoms with Crippen LogP contribution in [0.2, 0.25) is 0 Å². The van der Waals surface area contributed by atoms with E-state index in [1.807, 2.05) is 24.3 Å². The first-order valence-electron chi connectivity index (χ1n) is 5.09. The van der Waals surface area contributed by atoms with Crippen molar-refractivity contribution in [2.45, 2.75) is 0 Å². The van der Waals surface area contributed by atoms with Gasteiger partial charge in [-0.25, -0.2) is 15.0 Å². The molecule has 0 radical (unpaired) electrons. The molecular weight excluding hydrogens is 216 g/mol. The number of nitrogens with two attached hydrogens (primary N) is 1. The first kappa shape index (κ1) is 9.59. The van der Waals surface area contributed by atoms with Gasteiger partial charge in [-0.3, -0.25) is 0 Å². The Morgan fingerprint density at radius 2 is 1.88 bits per heavy atom. The van der Waals surface area contributed by atoms with E-state index in [1.54, 1.807) is 6.33 Å². The number of rotatable bonds is 2. The molecule has 0 aliphatic heterocycles. The van der Waals surface area contributed by atoms with Gasteiger partial charge < -0.3 is 16.0 Å². The topological polar surface area (TPSA) is 92.5 Å². The Balaban J connectivity index is 1.99. The van der Waals surface area contributed by atoms with Crippen molar-refractivity contribution in [3.63, 3.8) is 0 Å². The summed E-state index contributed by atoms with van der Waals surface area (Å²) >= 11 is 0. The average Bonchev–Trinajstić information content (AvgIpc) is 2.81. The number of anilines is 3. The summed E-state index contributed by atoms with van der Waals surface area (Å²) in [5.41, 5.74) is 8.68. The maximum absolute atomic E-state index is 5.62. The summed E-state index contributed by atoms with van der Waals surface area (Å²) in [5.74, 6) is 0.692. The van der Waals surface area contributed by atoms with E-state index in [9.17, 15) is 0 Å². The Morgan fingerprint density at radius 1 is 1.06 bits per heavy atom. The van der Waals surface area contributed by atoms with Crippen molar-refractivity contribution >= 4 is 28.4 Å². The van der Waals surface area contributed by atoms with Crippen LogP contribution in [0.15, 0.2) is 36.9 Å². The fourth-order valence-electron chi connectivity index (χ4n) is 1.56. The van der Waals surface area contributed by atoms with Crippen LogP contribution in [-0.2, 0) is 0 Å². The minimum Gasteiger partial charge on any atom is -0.399 e. The van der Waals surface area contributed by atoms with Crippen LogP contribution < -0.4 is 11.1 Å². The Bertz CT molecular complexity index is 642. The molecular formula is C11H10N6. The molecule has 1 aromatic carbocycles. The standard InChI is InChI=1S/C11H10N6/c12-7-1-3-8(4-2-7)17-11-9-10(14-5-13-9)15-6-16-11/h1-6H,12H2,(H2,13,14,15,16,17). The Morgan fingerprint density at radius 3 is 2.71 bits per heavy atom. The molecule has 0 aliphatic rings. The van der Waals surface area contributed by atoms with Crippen LogP contribution in [0.25, 0.3) is 11.2 Å². The number of aromatic nitrogens is 4. The van der Waals surface area contributed by atoms with E-state index in [2.05, 4.69) is 25.3 Å². The van der Waals surface area contributed by atoms with Crippen molar-refractivity contribution in [2.24, 2.45) is 0 Å². The molecule has 0 aliphatic carbocycles. The van der Waals surface area contributed by atoms with E-state index < -0.39 is 0 Å². The lowest BCUT2D eigenvalue weighted by Crippen LogP contribution is -1.96. The van der Waals surface area contributed by atoms with Crippen LogP contribution in [-0.4, -0.2) is 19.9 Å². The van der Waals surface area contributed by atoms with Gasteiger partial charge in [-0.1, -0.05) is 0 Å². The summed E-state index contributed by atoms with van der Waals surface area (Å²) in [5, 5.41) is 3.18. The number of H-pyrrole nitrogens is 1. The number of nitrogens with zero attached hydrogens (tertiary/aromatic N) is 3. The molecule has 17 heavy (non-hydrogen) atoms. The molecule has 0 unspecified atom stereocenters. The highest BCUT2D eigenvalue weighted by Gasteiger charge is 2.05. The van der Waals surface area contributed by atoms with Crippen molar-refractivity contribution in [3.8, 4) is 0 Å². The molecule has 0 spiro atoms. The predicted molar refractivity (Wildman–Crippen MR) is 65.8 cm³/mol. The van der Waals surface area contributed by atoms with Crippen molar-refractivity contribution < 1.29 is 0 Å². The fraction of sp³-hybridized carbons (Fsp3) is 0. The highest BCUT2D eigenvalue weighted by molar-refractivity contribution is 5.84. The molecule has 0 atom stereocenters. The van der Waals surface area contributed by atoms with Crippen molar-refractivity contribution in [1.29, 1.82) is 0 Å². The third-order valence-electron chi connectivity index (χ3n) is 2.40. The van der Waals surface area contributed by atoms with Gasteiger partial charge in [0.15, 0.2) is 11.5 Å². The minimum absolute atomic E-state index is 0.637. The summed E-state index contributed by atoms with van der Waals surface area (Å²) in [6.45, 7) is 0. The summed E-state index contributed by atoms with van der Waals surface area (Å²) in [4.78, 5) is 15.3. The molecule has 2 aromatic heterocycles. The number of nitrogen functional groups attached to an aromatic ring is 1. The normalized spacial score (nSPS) is 10.6. The molecule has 4 N–H and O–H groups in total. The van der Waals surface area contributed by atoms with E-state index in [0.29, 0.717) is 11.5 Å². The zero-order valence-electron chi connectivity index (χ0n) is 8.88. The van der Waals surface area contributed by atoms with Crippen LogP contribution in [0.3, 0.4) is 0 Å². The van der Waals surface area contributed by atoms with Crippen LogP contribution in [0.1, 0.15) is 0 Å². The van der Waals surface area contributed by atoms with Crippen LogP contribution >= 0.6 is 0 Å². The van der Waals surface area contributed by atoms with Gasteiger partial charge in [-0.15, -0.1) is 0 Å². The van der Waals surface area contributed by atoms with Crippen LogP contribution in [0, 0.1) is 0 Å². The SMILES string of the molecule is Nc1ccc(Nc2ncnc3nc[nH]c23)cc1. The second-order valence-corrected chi connectivity index (χ2v) is 3.57. The Kier molecular flexibility index (Phi) is 2.11. The number of benzene rings is 1. The van der Waals surface area contributed by atoms with Gasteiger partial charge in [0.25, 0.3) is 0 Å². The third-order valence-corrected chi connectivity index (χ3v) is 2.40. The van der Waals surface area contributed by atoms with E-state index in [-0.39, 0.29) is 0 Å². The molecule has 0 amide bonds. The highest BCUT2D eigenvalue weighted by atomic mass is 15.1. The van der Waals surface area contributed by atoms with Gasteiger partial charge in [0, 0.05) is 11.4 Å². The molecule has 0 saturated carbocycles. The predicted octanol–water partition coefficient (Wildman–Crippen LogP) is 1.68. The van der Waals surface area contributed by atoms with Crippen molar-refractivity contribution in [1.82, 2.24) is 19.9 Å². The maximum Gasteiger partial charge on any atom is 0.182 e. The van der Waals surface area contributed by atoms with Gasteiger partial charge >= 0.3 is 0 Å². The minimum atomic E-state index is 0.637. The van der Waals surface area contributed by atoms with E-state index >= 15 is 0 Å². The second-order valence-electron chi connectivity index (χ2n) is 3.57. The third kappa shape index (κ3) is 1.76. The van der Waals surface area contributed by atoms with E-state index in [1.165, 1.54) is 6.33 Å². The zero-order valence-corrected chi connectivity index (χ0v) is 8.88. The van der Waals surface area contributed by atoms with E-state index in [0.717, 1.165) is 16.9 Å². The first-order chi connectivity index (χ1) is 8.33. The molecule has 0 bridgehead atoms. The van der Waals surface area contributed by atoms with Crippen LogP contribution in [0.4, 0.5) is 17.2 Å². The number of hydrogen-bond donors (Lipinski definition) is 3. The van der Waals surface area contributed by atoms with Gasteiger partial charge in [-0.05, 0) is 24.3 Å². The molecule has 3 rings (SSSR count). The lowest BCUT2D eigenvalue weighted by Gasteiger charge is -2.05. The molecule has 0 saturated heterocycles. The lowest BCUT2D eigenvalue weighted by atomic mass is 10.3. The largest absolute Gasteiger partial charge is 0.399 e. The molecule has 84 valence electrons. The quantitative estimate of drug-likeness (QED) is 0.578. The van der Waals surface area contributed by atoms with Gasteiger partial charge in [0.2, 0.25) is 0 Å². The Labute approximate surface area is 96.9 Å². The van der Waals surface area contributed by atoms with Gasteiger partial charge in [0.1, 0.15) is 11.8 Å². The Hall–Kier alpha value is -2.63. The maximum atomic E-state index is 5.62. The highest BCUT2D eigenvalue weighted by Crippen LogP contribution is 2.20. The molecule has 6 nitrogen and oxygen atoms in total. The van der Waals surface area contributed by atoms with Crippen molar-refractivity contribution in [3.05, 3.63) is 36.9 Å². The fourth-order valence-corrected chi connectivity index (χ4v) is 1.56. The summed E-state index contributed by atoms with van der Waals surface area (Å²) in [7, 11) is 0. The molecule has 2 heterocycles. The van der Waals surface area contributed by atoms with Gasteiger partial charge in [-0.2, -0.15) is 0 Å². The van der Waals surface area contributed by atoms with Crippen LogP contribution in [0.5, 0.6) is 0 Å². The summed E-state index contributed by atoms with van der Waals surface area (Å²) in [6, 6.07) is 7.43. The number of nitrogens with one attached hydrogen (secondary N) is 2. The monoisotopic (exact) mass is 226 g/mol. The number of imidazole rings is 1. The molecule has 6 heteroatoms. The summed E-state index contributed by atoms with van der Waals surface area (Å²) in [6.07, 6.45) is 3.07. The smallest absolute Gasteiger partial charge is 0.182 e. The van der Waals surface area contributed by atoms with Crippen molar-refractivity contribution in [2.75, 3.05) is 11.1 Å². The average molecular weight is 226 g/mol. The first-order valence-corrected chi connectivity index (χ1v) is 5.09. The second kappa shape index (κ2) is 3.75. The zero-order chi connectivity index (χ0) is 11.7. The molecule has 3 aromatic rings. The summed E-state index contributed by atoms with van der Waals surface area (Å²) < 4.78 is 0. The lowest BCUT2D eigenvalue weighted by molar-refractivity contribution is 1.20. The number of fused-ring (bicyclic) bond motifs is 1. The van der Waals surface area contributed by atoms with Gasteiger partial charge in [0.05, 0.1) is 6.33 Å². The molecule has 0 fully saturated rings. The van der Waals surface area contributed by atoms with E-state index in [4.69, 9.17) is 5.73 Å².